The summed E-state index contributed by atoms with van der Waals surface area (Å²) in [7, 11) is -4.15. The van der Waals surface area contributed by atoms with Crippen molar-refractivity contribution >= 4 is 116 Å². The summed E-state index contributed by atoms with van der Waals surface area (Å²) in [5, 5.41) is 1.73. The number of alkyl halides is 4. The fourth-order valence-electron chi connectivity index (χ4n) is 5.13. The smallest absolute Gasteiger partial charge is 0.341 e. The van der Waals surface area contributed by atoms with Crippen LogP contribution >= 0.6 is 93.6 Å². The Kier molecular flexibility index (Phi) is 18.6. The minimum Gasteiger partial charge on any atom is -0.496 e. The van der Waals surface area contributed by atoms with Gasteiger partial charge in [-0.05, 0) is 31.9 Å². The largest absolute Gasteiger partial charge is 0.496 e. The van der Waals surface area contributed by atoms with Crippen LogP contribution in [0.1, 0.15) is 26.3 Å². The number of rotatable bonds is 18. The summed E-state index contributed by atoms with van der Waals surface area (Å²) in [5.74, 6) is 1.44. The molecule has 12 nitrogen and oxygen atoms in total. The number of ether oxygens (including phenoxy) is 2. The van der Waals surface area contributed by atoms with Crippen molar-refractivity contribution in [1.29, 1.82) is 0 Å². The third-order valence-electron chi connectivity index (χ3n) is 7.66. The number of ketones is 2. The first-order valence-corrected chi connectivity index (χ1v) is 22.4. The quantitative estimate of drug-likeness (QED) is 0.0924. The lowest BCUT2D eigenvalue weighted by atomic mass is 9.90. The number of Topliss-reactive ketones (excluding diaryl/α,β-unsaturated/α-hetero) is 2. The van der Waals surface area contributed by atoms with Gasteiger partial charge in [0, 0.05) is 82.7 Å². The van der Waals surface area contributed by atoms with Crippen LogP contribution < -0.4 is 20.5 Å². The van der Waals surface area contributed by atoms with Gasteiger partial charge in [-0.15, -0.1) is 46.4 Å². The Morgan fingerprint density at radius 1 is 0.654 bits per heavy atom. The molecule has 0 amide bonds. The van der Waals surface area contributed by atoms with Crippen LogP contribution in [0.2, 0.25) is 0 Å². The fourth-order valence-corrected chi connectivity index (χ4v) is 10.1. The van der Waals surface area contributed by atoms with E-state index in [9.17, 15) is 18.7 Å². The van der Waals surface area contributed by atoms with Crippen LogP contribution in [0.5, 0.6) is 11.5 Å². The van der Waals surface area contributed by atoms with E-state index in [1.165, 1.54) is 9.34 Å². The topological polar surface area (TPSA) is 164 Å². The van der Waals surface area contributed by atoms with Gasteiger partial charge < -0.3 is 18.5 Å². The Labute approximate surface area is 339 Å². The Morgan fingerprint density at radius 2 is 1.06 bits per heavy atom. The van der Waals surface area contributed by atoms with Crippen molar-refractivity contribution in [2.24, 2.45) is 11.0 Å². The monoisotopic (exact) mass is 966 g/mol. The predicted molar refractivity (Wildman–Crippen MR) is 216 cm³/mol. The second-order valence-corrected chi connectivity index (χ2v) is 17.7. The molecule has 2 atom stereocenters. The number of hydrogen-bond donors (Lipinski definition) is 2. The van der Waals surface area contributed by atoms with Gasteiger partial charge in [-0.1, -0.05) is 48.5 Å². The lowest BCUT2D eigenvalue weighted by Crippen LogP contribution is -2.31. The minimum atomic E-state index is -3.71. The van der Waals surface area contributed by atoms with E-state index in [1.807, 2.05) is 24.3 Å². The van der Waals surface area contributed by atoms with Gasteiger partial charge in [0.25, 0.3) is 0 Å². The van der Waals surface area contributed by atoms with Crippen LogP contribution in [0, 0.1) is 0 Å². The molecule has 0 saturated carbocycles. The van der Waals surface area contributed by atoms with Crippen molar-refractivity contribution in [2.45, 2.75) is 6.61 Å². The first kappa shape index (κ1) is 45.3. The van der Waals surface area contributed by atoms with E-state index in [1.54, 1.807) is 38.5 Å². The van der Waals surface area contributed by atoms with Gasteiger partial charge in [-0.3, -0.25) is 18.7 Å². The summed E-state index contributed by atoms with van der Waals surface area (Å²) in [5.41, 5.74) is 13.0. The summed E-state index contributed by atoms with van der Waals surface area (Å²) in [6.45, 7) is 0.646. The van der Waals surface area contributed by atoms with Crippen molar-refractivity contribution in [3.05, 3.63) is 79.7 Å². The van der Waals surface area contributed by atoms with Crippen molar-refractivity contribution in [3.8, 4) is 11.5 Å². The highest BCUT2D eigenvalue weighted by Gasteiger charge is 2.34. The second-order valence-electron chi connectivity index (χ2n) is 10.7. The molecular formula is C32H38Br2Cl4N4O8P2. The molecule has 52 heavy (non-hydrogen) atoms. The zero-order valence-electron chi connectivity index (χ0n) is 28.2. The normalized spacial score (nSPS) is 15.3. The van der Waals surface area contributed by atoms with Crippen LogP contribution in [0.25, 0.3) is 10.8 Å². The molecule has 1 aliphatic carbocycles. The van der Waals surface area contributed by atoms with E-state index in [0.29, 0.717) is 40.2 Å². The molecule has 20 heteroatoms. The predicted octanol–water partition coefficient (Wildman–Crippen LogP) is 8.56. The molecule has 0 fully saturated rings. The molecule has 3 aromatic carbocycles. The average molecular weight is 970 g/mol. The number of halogens is 6. The number of methoxy groups -OCH3 is 2. The van der Waals surface area contributed by atoms with E-state index in [4.69, 9.17) is 75.9 Å². The van der Waals surface area contributed by atoms with Gasteiger partial charge in [0.1, 0.15) is 11.5 Å². The van der Waals surface area contributed by atoms with Crippen molar-refractivity contribution < 1.29 is 37.2 Å². The van der Waals surface area contributed by atoms with Crippen molar-refractivity contribution in [3.63, 3.8) is 0 Å². The maximum atomic E-state index is 12.9. The van der Waals surface area contributed by atoms with Gasteiger partial charge in [-0.25, -0.2) is 20.3 Å². The SMILES string of the molecule is COc1c(Br)c(COP(N)(=O)N(CCCl)CCCl)c(OC)c2ccccc12.NP(=O)(OCC1=C(Br)C(=O)c2ccccc2C1=O)N(CCCl)CCCl. The zero-order chi connectivity index (χ0) is 38.6. The molecule has 4 N–H and O–H groups in total. The molecule has 0 radical (unpaired) electrons. The van der Waals surface area contributed by atoms with Gasteiger partial charge in [0.05, 0.1) is 36.4 Å². The van der Waals surface area contributed by atoms with Gasteiger partial charge in [0.15, 0.2) is 5.78 Å². The van der Waals surface area contributed by atoms with Crippen molar-refractivity contribution in [1.82, 2.24) is 9.34 Å². The van der Waals surface area contributed by atoms with Crippen LogP contribution in [0.3, 0.4) is 0 Å². The number of carbonyl (C=O) groups excluding carboxylic acids is 2. The van der Waals surface area contributed by atoms with Crippen LogP contribution in [-0.4, -0.2) is 91.4 Å². The first-order valence-electron chi connectivity index (χ1n) is 15.4. The summed E-state index contributed by atoms with van der Waals surface area (Å²) in [6.07, 6.45) is 0. The molecule has 286 valence electrons. The summed E-state index contributed by atoms with van der Waals surface area (Å²) < 4.78 is 51.1. The molecule has 0 aromatic heterocycles. The zero-order valence-corrected chi connectivity index (χ0v) is 36.2. The van der Waals surface area contributed by atoms with Gasteiger partial charge >= 0.3 is 15.3 Å². The summed E-state index contributed by atoms with van der Waals surface area (Å²) in [4.78, 5) is 25.0. The number of carbonyl (C=O) groups is 2. The Morgan fingerprint density at radius 3 is 1.50 bits per heavy atom. The lowest BCUT2D eigenvalue weighted by Gasteiger charge is -2.27. The Balaban J connectivity index is 0.000000281. The first-order chi connectivity index (χ1) is 24.7. The van der Waals surface area contributed by atoms with Crippen LogP contribution in [0.4, 0.5) is 0 Å². The fraction of sp³-hybridized carbons (Fsp3) is 0.375. The van der Waals surface area contributed by atoms with E-state index < -0.39 is 15.3 Å². The number of hydrogen-bond acceptors (Lipinski definition) is 8. The summed E-state index contributed by atoms with van der Waals surface area (Å²) >= 11 is 29.6. The molecular weight excluding hydrogens is 932 g/mol. The van der Waals surface area contributed by atoms with Crippen LogP contribution in [0.15, 0.2) is 63.1 Å². The number of benzene rings is 3. The maximum Gasteiger partial charge on any atom is 0.341 e. The van der Waals surface area contributed by atoms with Crippen LogP contribution in [-0.2, 0) is 24.8 Å². The number of fused-ring (bicyclic) bond motifs is 2. The summed E-state index contributed by atoms with van der Waals surface area (Å²) in [6, 6.07) is 14.1. The van der Waals surface area contributed by atoms with E-state index in [2.05, 4.69) is 31.9 Å². The van der Waals surface area contributed by atoms with E-state index in [0.717, 1.165) is 10.8 Å². The Bertz CT molecular complexity index is 1860. The molecule has 0 saturated heterocycles. The molecule has 4 rings (SSSR count). The molecule has 1 aliphatic rings. The third kappa shape index (κ3) is 11.0. The molecule has 0 bridgehead atoms. The molecule has 0 spiro atoms. The van der Waals surface area contributed by atoms with E-state index in [-0.39, 0.29) is 77.0 Å². The lowest BCUT2D eigenvalue weighted by molar-refractivity contribution is 0.0971. The average Bonchev–Trinajstić information content (AvgIpc) is 3.13. The highest BCUT2D eigenvalue weighted by molar-refractivity contribution is 9.12. The molecule has 0 heterocycles. The number of nitrogens with zero attached hydrogens (tertiary/aromatic N) is 2. The number of nitrogens with two attached hydrogens (primary N) is 2. The highest BCUT2D eigenvalue weighted by atomic mass is 79.9. The van der Waals surface area contributed by atoms with E-state index >= 15 is 0 Å². The van der Waals surface area contributed by atoms with Gasteiger partial charge in [0.2, 0.25) is 5.78 Å². The third-order valence-corrected chi connectivity index (χ3v) is 13.4. The standard InChI is InChI=1S/C17H22BrCl2N2O4P.C15H16BrCl2N2O4P/c1-24-16-12-5-3-4-6-13(12)17(25-2)15(18)14(16)11-26-27(21,23)22(9-7-19)10-8-20;16-13-12(9-24-25(19,23)20(7-5-17)8-6-18)14(21)10-3-1-2-4-11(10)15(13)22/h3-6H,7-11H2,1-2H3,(H2,21,23);1-4H,5-9H2,(H2,19,23). The minimum absolute atomic E-state index is 0.0419. The molecule has 0 aliphatic heterocycles. The Hall–Kier alpha value is -1.06. The van der Waals surface area contributed by atoms with Crippen molar-refractivity contribution in [2.75, 3.05) is 70.5 Å². The highest BCUT2D eigenvalue weighted by Crippen LogP contribution is 2.48. The van der Waals surface area contributed by atoms with Gasteiger partial charge in [-0.2, -0.15) is 0 Å². The molecule has 2 unspecified atom stereocenters. The molecule has 3 aromatic rings. The second kappa shape index (κ2) is 21.3. The maximum absolute atomic E-state index is 12.9. The number of allylic oxidation sites excluding steroid dienone is 1.